The second-order valence-corrected chi connectivity index (χ2v) is 8.85. The summed E-state index contributed by atoms with van der Waals surface area (Å²) in [7, 11) is -3.51. The molecule has 0 bridgehead atoms. The first-order valence-corrected chi connectivity index (χ1v) is 9.10. The molecule has 0 heterocycles. The molecule has 0 fully saturated rings. The van der Waals surface area contributed by atoms with Crippen LogP contribution in [-0.2, 0) is 5.41 Å². The van der Waals surface area contributed by atoms with Crippen LogP contribution in [-0.4, -0.2) is 13.7 Å². The topological polar surface area (TPSA) is 63.5 Å². The second-order valence-electron chi connectivity index (χ2n) is 5.98. The molecule has 3 nitrogen and oxygen atoms in total. The van der Waals surface area contributed by atoms with Gasteiger partial charge in [0, 0.05) is 4.90 Å². The van der Waals surface area contributed by atoms with E-state index in [9.17, 15) is 13.7 Å². The van der Waals surface area contributed by atoms with Crippen molar-refractivity contribution in [2.75, 3.05) is 0 Å². The van der Waals surface area contributed by atoms with Gasteiger partial charge in [0.25, 0.3) is 0 Å². The molecule has 0 saturated carbocycles. The fraction of sp³-hybridized carbons (Fsp3) is 0.250. The van der Waals surface area contributed by atoms with E-state index in [2.05, 4.69) is 45.0 Å². The Bertz CT molecular complexity index is 619. The molecule has 22 heavy (non-hydrogen) atoms. The summed E-state index contributed by atoms with van der Waals surface area (Å²) in [5, 5.41) is 2.08. The van der Waals surface area contributed by atoms with E-state index in [4.69, 9.17) is 0 Å². The van der Waals surface area contributed by atoms with Gasteiger partial charge in [-0.3, -0.25) is 0 Å². The van der Waals surface area contributed by atoms with Crippen molar-refractivity contribution in [3.63, 3.8) is 0 Å². The molecule has 2 aromatic carbocycles. The molecule has 0 spiro atoms. The summed E-state index contributed by atoms with van der Waals surface area (Å²) in [4.78, 5) is 0.0545. The Balaban J connectivity index is 0.00000242. The molecule has 0 aliphatic heterocycles. The maximum atomic E-state index is 11.3. The Morgan fingerprint density at radius 3 is 2.05 bits per heavy atom. The zero-order valence-corrected chi connectivity index (χ0v) is 17.1. The van der Waals surface area contributed by atoms with Crippen molar-refractivity contribution in [1.82, 2.24) is 0 Å². The van der Waals surface area contributed by atoms with E-state index in [1.807, 2.05) is 6.07 Å². The van der Waals surface area contributed by atoms with Crippen LogP contribution in [0.5, 0.6) is 0 Å². The maximum Gasteiger partial charge on any atom is 1.00 e. The minimum Gasteiger partial charge on any atom is -0.769 e. The van der Waals surface area contributed by atoms with Crippen LogP contribution in [0.4, 0.5) is 0 Å². The second kappa shape index (κ2) is 7.78. The molecule has 0 aliphatic rings. The van der Waals surface area contributed by atoms with Gasteiger partial charge in [-0.1, -0.05) is 76.6 Å². The van der Waals surface area contributed by atoms with Gasteiger partial charge in [-0.15, -0.1) is 0 Å². The normalized spacial score (nSPS) is 13.2. The van der Waals surface area contributed by atoms with Gasteiger partial charge in [0.15, 0.2) is 0 Å². The smallest absolute Gasteiger partial charge is 0.769 e. The summed E-state index contributed by atoms with van der Waals surface area (Å²) < 4.78 is 29.6. The zero-order chi connectivity index (χ0) is 15.7. The quantitative estimate of drug-likeness (QED) is 0.640. The molecule has 0 aliphatic carbocycles. The Labute approximate surface area is 157 Å². The SMILES string of the molecule is CC(C)(C)c1ccc(Pc2cccc(S([O-])(O)O)c2)cc1.[Na+]. The van der Waals surface area contributed by atoms with Crippen molar-refractivity contribution in [3.05, 3.63) is 54.1 Å². The van der Waals surface area contributed by atoms with Gasteiger partial charge in [-0.05, 0) is 33.7 Å². The minimum atomic E-state index is -3.89. The molecule has 1 unspecified atom stereocenters. The van der Waals surface area contributed by atoms with Gasteiger partial charge in [-0.2, -0.15) is 0 Å². The Kier molecular flexibility index (Phi) is 7.12. The summed E-state index contributed by atoms with van der Waals surface area (Å²) in [6.45, 7) is 6.52. The largest absolute Gasteiger partial charge is 1.00 e. The molecule has 2 N–H and O–H groups in total. The summed E-state index contributed by atoms with van der Waals surface area (Å²) in [5.74, 6) is 0. The predicted octanol–water partition coefficient (Wildman–Crippen LogP) is 0.857. The summed E-state index contributed by atoms with van der Waals surface area (Å²) in [6, 6.07) is 15.0. The van der Waals surface area contributed by atoms with E-state index in [0.29, 0.717) is 8.58 Å². The van der Waals surface area contributed by atoms with E-state index >= 15 is 0 Å². The third-order valence-corrected chi connectivity index (χ3v) is 5.27. The first-order chi connectivity index (χ1) is 9.66. The first-order valence-electron chi connectivity index (χ1n) is 6.63. The third kappa shape index (κ3) is 5.63. The first kappa shape index (κ1) is 20.1. The summed E-state index contributed by atoms with van der Waals surface area (Å²) in [6.07, 6.45) is 0. The van der Waals surface area contributed by atoms with Crippen molar-refractivity contribution in [3.8, 4) is 0 Å². The molecule has 0 aromatic heterocycles. The third-order valence-electron chi connectivity index (χ3n) is 3.18. The number of hydrogen-bond acceptors (Lipinski definition) is 3. The van der Waals surface area contributed by atoms with Gasteiger partial charge in [0.2, 0.25) is 0 Å². The fourth-order valence-corrected chi connectivity index (χ4v) is 3.67. The van der Waals surface area contributed by atoms with Crippen LogP contribution in [0.1, 0.15) is 26.3 Å². The molecular formula is C16H20NaO3PS. The van der Waals surface area contributed by atoms with E-state index in [0.717, 1.165) is 10.6 Å². The molecule has 6 heteroatoms. The van der Waals surface area contributed by atoms with Crippen LogP contribution in [0, 0.1) is 0 Å². The molecular weight excluding hydrogens is 326 g/mol. The van der Waals surface area contributed by atoms with E-state index in [1.54, 1.807) is 12.1 Å². The van der Waals surface area contributed by atoms with Gasteiger partial charge in [0.05, 0.1) is 0 Å². The molecule has 2 rings (SSSR count). The van der Waals surface area contributed by atoms with E-state index in [-0.39, 0.29) is 39.9 Å². The van der Waals surface area contributed by atoms with Crippen LogP contribution in [0.25, 0.3) is 0 Å². The van der Waals surface area contributed by atoms with Crippen molar-refractivity contribution in [2.24, 2.45) is 0 Å². The van der Waals surface area contributed by atoms with Crippen LogP contribution in [0.15, 0.2) is 53.4 Å². The zero-order valence-electron chi connectivity index (χ0n) is 13.3. The van der Waals surface area contributed by atoms with Crippen LogP contribution >= 0.6 is 19.5 Å². The van der Waals surface area contributed by atoms with Gasteiger partial charge in [-0.25, -0.2) is 0 Å². The van der Waals surface area contributed by atoms with Crippen molar-refractivity contribution in [2.45, 2.75) is 31.1 Å². The molecule has 0 amide bonds. The number of hydrogen-bond donors (Lipinski definition) is 2. The summed E-state index contributed by atoms with van der Waals surface area (Å²) in [5.41, 5.74) is 1.40. The van der Waals surface area contributed by atoms with E-state index in [1.165, 1.54) is 11.6 Å². The van der Waals surface area contributed by atoms with Crippen molar-refractivity contribution < 1.29 is 43.2 Å². The van der Waals surface area contributed by atoms with Gasteiger partial charge < -0.3 is 13.7 Å². The predicted molar refractivity (Wildman–Crippen MR) is 91.1 cm³/mol. The number of rotatable bonds is 3. The Morgan fingerprint density at radius 2 is 1.55 bits per heavy atom. The average molecular weight is 346 g/mol. The molecule has 114 valence electrons. The maximum absolute atomic E-state index is 11.3. The Hall–Kier alpha value is 0.1000. The molecule has 1 atom stereocenters. The monoisotopic (exact) mass is 346 g/mol. The standard InChI is InChI=1S/C16H21O3PS.Na/c1-16(2,3)12-7-9-13(10-8-12)20-14-5-4-6-15(11-14)21(17,18)19;/h4-11,17-20H,1-3H3;/q;+1/p-1. The Morgan fingerprint density at radius 1 is 0.955 bits per heavy atom. The molecule has 2 aromatic rings. The van der Waals surface area contributed by atoms with Crippen LogP contribution < -0.4 is 40.2 Å². The minimum absolute atomic E-state index is 0. The van der Waals surface area contributed by atoms with Gasteiger partial charge >= 0.3 is 29.6 Å². The van der Waals surface area contributed by atoms with Crippen LogP contribution in [0.2, 0.25) is 0 Å². The van der Waals surface area contributed by atoms with Crippen molar-refractivity contribution >= 4 is 30.1 Å². The molecule has 0 radical (unpaired) electrons. The van der Waals surface area contributed by atoms with E-state index < -0.39 is 10.9 Å². The number of benzene rings is 2. The fourth-order valence-electron chi connectivity index (χ4n) is 1.96. The summed E-state index contributed by atoms with van der Waals surface area (Å²) >= 11 is 0. The van der Waals surface area contributed by atoms with Crippen molar-refractivity contribution in [1.29, 1.82) is 0 Å². The average Bonchev–Trinajstić information content (AvgIpc) is 2.37. The van der Waals surface area contributed by atoms with Gasteiger partial charge in [0.1, 0.15) is 0 Å². The molecule has 0 saturated heterocycles. The van der Waals surface area contributed by atoms with Crippen LogP contribution in [0.3, 0.4) is 0 Å².